The highest BCUT2D eigenvalue weighted by molar-refractivity contribution is 4.97. The fourth-order valence-electron chi connectivity index (χ4n) is 1.65. The predicted molar refractivity (Wildman–Crippen MR) is 51.1 cm³/mol. The van der Waals surface area contributed by atoms with Crippen LogP contribution in [0.1, 0.15) is 33.6 Å². The molecule has 0 bridgehead atoms. The van der Waals surface area contributed by atoms with Crippen molar-refractivity contribution in [1.82, 2.24) is 5.32 Å². The molecule has 2 heteroatoms. The van der Waals surface area contributed by atoms with Gasteiger partial charge in [-0.25, -0.2) is 0 Å². The number of hydrogen-bond donors (Lipinski definition) is 2. The van der Waals surface area contributed by atoms with Gasteiger partial charge in [0.2, 0.25) is 0 Å². The van der Waals surface area contributed by atoms with E-state index in [1.807, 2.05) is 6.92 Å². The van der Waals surface area contributed by atoms with Crippen molar-refractivity contribution in [1.29, 1.82) is 0 Å². The topological polar surface area (TPSA) is 32.3 Å². The van der Waals surface area contributed by atoms with Crippen molar-refractivity contribution in [2.75, 3.05) is 13.1 Å². The molecule has 1 atom stereocenters. The Morgan fingerprint density at radius 3 is 2.25 bits per heavy atom. The predicted octanol–water partition coefficient (Wildman–Crippen LogP) is 1.39. The average Bonchev–Trinajstić information content (AvgIpc) is 2.68. The molecule has 0 amide bonds. The molecule has 0 heterocycles. The number of hydrogen-bond acceptors (Lipinski definition) is 2. The van der Waals surface area contributed by atoms with Crippen LogP contribution in [-0.2, 0) is 0 Å². The Morgan fingerprint density at radius 1 is 1.33 bits per heavy atom. The molecule has 12 heavy (non-hydrogen) atoms. The molecule has 0 aliphatic heterocycles. The maximum Gasteiger partial charge on any atom is 0.0636 e. The highest BCUT2D eigenvalue weighted by Gasteiger charge is 2.44. The summed E-state index contributed by atoms with van der Waals surface area (Å²) >= 11 is 0. The first-order chi connectivity index (χ1) is 5.57. The molecule has 72 valence electrons. The van der Waals surface area contributed by atoms with Gasteiger partial charge in [-0.1, -0.05) is 13.8 Å². The molecule has 1 rings (SSSR count). The van der Waals surface area contributed by atoms with Gasteiger partial charge in [0.1, 0.15) is 0 Å². The average molecular weight is 171 g/mol. The lowest BCUT2D eigenvalue weighted by molar-refractivity contribution is 0.185. The molecule has 1 aliphatic carbocycles. The van der Waals surface area contributed by atoms with E-state index < -0.39 is 0 Å². The van der Waals surface area contributed by atoms with Crippen LogP contribution >= 0.6 is 0 Å². The molecule has 1 fully saturated rings. The first-order valence-corrected chi connectivity index (χ1v) is 4.95. The molecule has 2 N–H and O–H groups in total. The highest BCUT2D eigenvalue weighted by atomic mass is 16.3. The van der Waals surface area contributed by atoms with Crippen molar-refractivity contribution in [2.24, 2.45) is 11.3 Å². The Bertz CT molecular complexity index is 139. The summed E-state index contributed by atoms with van der Waals surface area (Å²) in [6.45, 7) is 8.21. The summed E-state index contributed by atoms with van der Waals surface area (Å²) in [7, 11) is 0. The SMILES string of the molecule is CC(C)C1(CNC[C@@H](C)O)CC1. The molecule has 0 radical (unpaired) electrons. The van der Waals surface area contributed by atoms with E-state index in [0.717, 1.165) is 19.0 Å². The van der Waals surface area contributed by atoms with Gasteiger partial charge >= 0.3 is 0 Å². The lowest BCUT2D eigenvalue weighted by Crippen LogP contribution is -2.32. The zero-order valence-electron chi connectivity index (χ0n) is 8.43. The summed E-state index contributed by atoms with van der Waals surface area (Å²) < 4.78 is 0. The molecule has 2 nitrogen and oxygen atoms in total. The van der Waals surface area contributed by atoms with Crippen LogP contribution in [0.4, 0.5) is 0 Å². The van der Waals surface area contributed by atoms with Gasteiger partial charge in [-0.3, -0.25) is 0 Å². The second-order valence-corrected chi connectivity index (χ2v) is 4.50. The van der Waals surface area contributed by atoms with Crippen LogP contribution in [0.3, 0.4) is 0 Å². The molecule has 0 spiro atoms. The smallest absolute Gasteiger partial charge is 0.0636 e. The van der Waals surface area contributed by atoms with Gasteiger partial charge in [0.25, 0.3) is 0 Å². The molecule has 0 unspecified atom stereocenters. The summed E-state index contributed by atoms with van der Waals surface area (Å²) in [5, 5.41) is 12.4. The van der Waals surface area contributed by atoms with E-state index in [1.54, 1.807) is 0 Å². The van der Waals surface area contributed by atoms with E-state index in [4.69, 9.17) is 5.11 Å². The monoisotopic (exact) mass is 171 g/mol. The van der Waals surface area contributed by atoms with Crippen LogP contribution in [-0.4, -0.2) is 24.3 Å². The maximum atomic E-state index is 9.05. The third-order valence-electron chi connectivity index (χ3n) is 3.03. The zero-order chi connectivity index (χ0) is 9.19. The summed E-state index contributed by atoms with van der Waals surface area (Å²) in [4.78, 5) is 0. The van der Waals surface area contributed by atoms with Gasteiger partial charge in [-0.2, -0.15) is 0 Å². The lowest BCUT2D eigenvalue weighted by atomic mass is 9.92. The normalized spacial score (nSPS) is 22.8. The van der Waals surface area contributed by atoms with E-state index in [1.165, 1.54) is 12.8 Å². The largest absolute Gasteiger partial charge is 0.392 e. The molecular formula is C10H21NO. The fraction of sp³-hybridized carbons (Fsp3) is 1.00. The number of rotatable bonds is 5. The Hall–Kier alpha value is -0.0800. The van der Waals surface area contributed by atoms with Crippen molar-refractivity contribution in [3.05, 3.63) is 0 Å². The quantitative estimate of drug-likeness (QED) is 0.655. The van der Waals surface area contributed by atoms with E-state index in [-0.39, 0.29) is 6.10 Å². The molecule has 0 aromatic rings. The van der Waals surface area contributed by atoms with E-state index in [0.29, 0.717) is 5.41 Å². The van der Waals surface area contributed by atoms with Crippen molar-refractivity contribution in [2.45, 2.75) is 39.7 Å². The Labute approximate surface area is 75.4 Å². The number of aliphatic hydroxyl groups is 1. The van der Waals surface area contributed by atoms with Crippen LogP contribution in [0.5, 0.6) is 0 Å². The van der Waals surface area contributed by atoms with Gasteiger partial charge in [-0.15, -0.1) is 0 Å². The first kappa shape index (κ1) is 10.0. The minimum atomic E-state index is -0.215. The van der Waals surface area contributed by atoms with Crippen molar-refractivity contribution in [3.8, 4) is 0 Å². The molecule has 0 saturated heterocycles. The van der Waals surface area contributed by atoms with Crippen molar-refractivity contribution in [3.63, 3.8) is 0 Å². The van der Waals surface area contributed by atoms with Crippen molar-refractivity contribution >= 4 is 0 Å². The van der Waals surface area contributed by atoms with Gasteiger partial charge in [0.05, 0.1) is 6.10 Å². The summed E-state index contributed by atoms with van der Waals surface area (Å²) in [5.74, 6) is 0.777. The van der Waals surface area contributed by atoms with E-state index in [9.17, 15) is 0 Å². The first-order valence-electron chi connectivity index (χ1n) is 4.95. The van der Waals surface area contributed by atoms with E-state index in [2.05, 4.69) is 19.2 Å². The fourth-order valence-corrected chi connectivity index (χ4v) is 1.65. The van der Waals surface area contributed by atoms with Crippen LogP contribution in [0.25, 0.3) is 0 Å². The Kier molecular flexibility index (Phi) is 3.13. The second kappa shape index (κ2) is 3.75. The van der Waals surface area contributed by atoms with Gasteiger partial charge in [0.15, 0.2) is 0 Å². The number of nitrogens with one attached hydrogen (secondary N) is 1. The van der Waals surface area contributed by atoms with E-state index >= 15 is 0 Å². The van der Waals surface area contributed by atoms with Crippen LogP contribution in [0, 0.1) is 11.3 Å². The number of aliphatic hydroxyl groups excluding tert-OH is 1. The van der Waals surface area contributed by atoms with Gasteiger partial charge < -0.3 is 10.4 Å². The second-order valence-electron chi connectivity index (χ2n) is 4.50. The molecular weight excluding hydrogens is 150 g/mol. The maximum absolute atomic E-state index is 9.05. The van der Waals surface area contributed by atoms with Crippen LogP contribution in [0.2, 0.25) is 0 Å². The highest BCUT2D eigenvalue weighted by Crippen LogP contribution is 2.51. The summed E-state index contributed by atoms with van der Waals surface area (Å²) in [6, 6.07) is 0. The van der Waals surface area contributed by atoms with Gasteiger partial charge in [-0.05, 0) is 31.1 Å². The third kappa shape index (κ3) is 2.46. The minimum absolute atomic E-state index is 0.215. The summed E-state index contributed by atoms with van der Waals surface area (Å²) in [5.41, 5.74) is 0.564. The molecule has 0 aromatic carbocycles. The van der Waals surface area contributed by atoms with Gasteiger partial charge in [0, 0.05) is 13.1 Å². The molecule has 0 aromatic heterocycles. The van der Waals surface area contributed by atoms with Crippen molar-refractivity contribution < 1.29 is 5.11 Å². The Balaban J connectivity index is 2.14. The molecule has 1 saturated carbocycles. The standard InChI is InChI=1S/C10H21NO/c1-8(2)10(4-5-10)7-11-6-9(3)12/h8-9,11-12H,4-7H2,1-3H3/t9-/m1/s1. The Morgan fingerprint density at radius 2 is 1.92 bits per heavy atom. The third-order valence-corrected chi connectivity index (χ3v) is 3.03. The minimum Gasteiger partial charge on any atom is -0.392 e. The van der Waals surface area contributed by atoms with Crippen LogP contribution < -0.4 is 5.32 Å². The van der Waals surface area contributed by atoms with Crippen LogP contribution in [0.15, 0.2) is 0 Å². The summed E-state index contributed by atoms with van der Waals surface area (Å²) in [6.07, 6.45) is 2.50. The lowest BCUT2D eigenvalue weighted by Gasteiger charge is -2.20. The molecule has 1 aliphatic rings. The zero-order valence-corrected chi connectivity index (χ0v) is 8.43.